The molecular weight excluding hydrogens is 188 g/mol. The molecule has 0 aromatic carbocycles. The minimum Gasteiger partial charge on any atom is -0.392 e. The van der Waals surface area contributed by atoms with E-state index in [1.165, 1.54) is 25.8 Å². The van der Waals surface area contributed by atoms with Crippen molar-refractivity contribution in [1.29, 1.82) is 0 Å². The molecule has 2 aliphatic heterocycles. The number of nitrogens with zero attached hydrogens (tertiary/aromatic N) is 2. The number of fused-ring (bicyclic) bond motifs is 2. The molecule has 3 heteroatoms. The lowest BCUT2D eigenvalue weighted by atomic mass is 10.1. The fraction of sp³-hybridized carbons (Fsp3) is 1.00. The van der Waals surface area contributed by atoms with Crippen LogP contribution >= 0.6 is 0 Å². The second kappa shape index (κ2) is 4.81. The summed E-state index contributed by atoms with van der Waals surface area (Å²) in [5, 5.41) is 9.68. The average molecular weight is 212 g/mol. The van der Waals surface area contributed by atoms with E-state index in [9.17, 15) is 5.11 Å². The highest BCUT2D eigenvalue weighted by Gasteiger charge is 2.34. The van der Waals surface area contributed by atoms with Crippen LogP contribution in [0.1, 0.15) is 32.6 Å². The van der Waals surface area contributed by atoms with Gasteiger partial charge >= 0.3 is 0 Å². The molecule has 0 aliphatic carbocycles. The summed E-state index contributed by atoms with van der Waals surface area (Å²) in [5.41, 5.74) is 0. The Kier molecular flexibility index (Phi) is 3.65. The number of aliphatic hydroxyl groups is 1. The number of aliphatic hydroxyl groups excluding tert-OH is 1. The maximum absolute atomic E-state index is 9.68. The molecule has 0 radical (unpaired) electrons. The molecule has 88 valence electrons. The van der Waals surface area contributed by atoms with E-state index in [4.69, 9.17) is 0 Å². The van der Waals surface area contributed by atoms with E-state index in [-0.39, 0.29) is 6.10 Å². The van der Waals surface area contributed by atoms with Gasteiger partial charge in [0.25, 0.3) is 0 Å². The van der Waals surface area contributed by atoms with E-state index in [1.54, 1.807) is 0 Å². The van der Waals surface area contributed by atoms with E-state index in [1.807, 2.05) is 0 Å². The minimum atomic E-state index is -0.132. The van der Waals surface area contributed by atoms with E-state index < -0.39 is 0 Å². The highest BCUT2D eigenvalue weighted by molar-refractivity contribution is 4.91. The van der Waals surface area contributed by atoms with E-state index in [0.29, 0.717) is 0 Å². The van der Waals surface area contributed by atoms with Crippen LogP contribution in [0, 0.1) is 0 Å². The molecule has 2 fully saturated rings. The van der Waals surface area contributed by atoms with Crippen molar-refractivity contribution in [3.63, 3.8) is 0 Å². The fourth-order valence-corrected chi connectivity index (χ4v) is 2.97. The molecule has 0 spiro atoms. The van der Waals surface area contributed by atoms with Crippen molar-refractivity contribution >= 4 is 0 Å². The van der Waals surface area contributed by atoms with Crippen molar-refractivity contribution in [1.82, 2.24) is 9.80 Å². The van der Waals surface area contributed by atoms with Gasteiger partial charge in [0.15, 0.2) is 0 Å². The highest BCUT2D eigenvalue weighted by Crippen LogP contribution is 2.28. The summed E-state index contributed by atoms with van der Waals surface area (Å²) in [6, 6.07) is 1.54. The third kappa shape index (κ3) is 2.52. The number of hydrogen-bond acceptors (Lipinski definition) is 3. The smallest absolute Gasteiger partial charge is 0.0664 e. The van der Waals surface area contributed by atoms with Gasteiger partial charge in [-0.25, -0.2) is 0 Å². The van der Waals surface area contributed by atoms with Crippen LogP contribution in [0.3, 0.4) is 0 Å². The SMILES string of the molecule is CCC(O)CN1CCC2CCC(C1)N2C. The molecule has 0 amide bonds. The van der Waals surface area contributed by atoms with Gasteiger partial charge in [-0.1, -0.05) is 6.92 Å². The number of hydrogen-bond donors (Lipinski definition) is 1. The normalized spacial score (nSPS) is 35.4. The summed E-state index contributed by atoms with van der Waals surface area (Å²) in [6.07, 6.45) is 4.75. The summed E-state index contributed by atoms with van der Waals surface area (Å²) in [7, 11) is 2.27. The number of likely N-dealkylation sites (tertiary alicyclic amines) is 1. The third-order valence-electron chi connectivity index (χ3n) is 4.17. The van der Waals surface area contributed by atoms with Crippen LogP contribution in [0.25, 0.3) is 0 Å². The van der Waals surface area contributed by atoms with Crippen LogP contribution in [0.4, 0.5) is 0 Å². The summed E-state index contributed by atoms with van der Waals surface area (Å²) < 4.78 is 0. The molecule has 0 aromatic rings. The standard InChI is InChI=1S/C12H24N2O/c1-3-12(15)9-14-7-6-10-4-5-11(8-14)13(10)2/h10-12,15H,3-9H2,1-2H3. The van der Waals surface area contributed by atoms with Crippen LogP contribution in [0.2, 0.25) is 0 Å². The van der Waals surface area contributed by atoms with Gasteiger partial charge in [0.2, 0.25) is 0 Å². The molecule has 3 nitrogen and oxygen atoms in total. The number of β-amino-alcohol motifs (C(OH)–C–C–N with tert-alkyl or cyclic N) is 1. The predicted octanol–water partition coefficient (Wildman–Crippen LogP) is 0.926. The monoisotopic (exact) mass is 212 g/mol. The summed E-state index contributed by atoms with van der Waals surface area (Å²) in [5.74, 6) is 0. The van der Waals surface area contributed by atoms with Crippen molar-refractivity contribution < 1.29 is 5.11 Å². The summed E-state index contributed by atoms with van der Waals surface area (Å²) in [6.45, 7) is 5.25. The van der Waals surface area contributed by atoms with Gasteiger partial charge in [0, 0.05) is 25.2 Å². The first-order chi connectivity index (χ1) is 7.20. The van der Waals surface area contributed by atoms with Gasteiger partial charge < -0.3 is 5.11 Å². The van der Waals surface area contributed by atoms with Gasteiger partial charge in [-0.3, -0.25) is 9.80 Å². The van der Waals surface area contributed by atoms with Crippen LogP contribution in [-0.2, 0) is 0 Å². The Bertz CT molecular complexity index is 210. The molecule has 0 saturated carbocycles. The van der Waals surface area contributed by atoms with Gasteiger partial charge in [-0.2, -0.15) is 0 Å². The molecule has 2 bridgehead atoms. The Labute approximate surface area is 93.1 Å². The zero-order valence-corrected chi connectivity index (χ0v) is 10.0. The number of likely N-dealkylation sites (N-methyl/N-ethyl adjacent to an activating group) is 1. The Balaban J connectivity index is 1.89. The lowest BCUT2D eigenvalue weighted by molar-refractivity contribution is 0.103. The third-order valence-corrected chi connectivity index (χ3v) is 4.17. The molecule has 2 rings (SSSR count). The van der Waals surface area contributed by atoms with Crippen molar-refractivity contribution in [2.24, 2.45) is 0 Å². The Morgan fingerprint density at radius 3 is 2.73 bits per heavy atom. The van der Waals surface area contributed by atoms with Crippen LogP contribution < -0.4 is 0 Å². The summed E-state index contributed by atoms with van der Waals surface area (Å²) >= 11 is 0. The van der Waals surface area contributed by atoms with Gasteiger partial charge in [-0.15, -0.1) is 0 Å². The Morgan fingerprint density at radius 2 is 2.00 bits per heavy atom. The molecule has 3 unspecified atom stereocenters. The highest BCUT2D eigenvalue weighted by atomic mass is 16.3. The van der Waals surface area contributed by atoms with E-state index >= 15 is 0 Å². The number of rotatable bonds is 3. The van der Waals surface area contributed by atoms with E-state index in [0.717, 1.165) is 31.6 Å². The Morgan fingerprint density at radius 1 is 1.27 bits per heavy atom. The second-order valence-electron chi connectivity index (χ2n) is 5.16. The molecule has 2 aliphatic rings. The lowest BCUT2D eigenvalue weighted by Crippen LogP contribution is -2.39. The second-order valence-corrected chi connectivity index (χ2v) is 5.16. The van der Waals surface area contributed by atoms with Crippen LogP contribution in [0.5, 0.6) is 0 Å². The topological polar surface area (TPSA) is 26.7 Å². The lowest BCUT2D eigenvalue weighted by Gasteiger charge is -2.27. The first-order valence-corrected chi connectivity index (χ1v) is 6.33. The molecule has 2 saturated heterocycles. The van der Waals surface area contributed by atoms with Gasteiger partial charge in [0.1, 0.15) is 0 Å². The first kappa shape index (κ1) is 11.4. The predicted molar refractivity (Wildman–Crippen MR) is 61.9 cm³/mol. The molecule has 3 atom stereocenters. The van der Waals surface area contributed by atoms with E-state index in [2.05, 4.69) is 23.8 Å². The summed E-state index contributed by atoms with van der Waals surface area (Å²) in [4.78, 5) is 5.01. The maximum Gasteiger partial charge on any atom is 0.0664 e. The molecule has 1 N–H and O–H groups in total. The zero-order valence-electron chi connectivity index (χ0n) is 10.0. The van der Waals surface area contributed by atoms with Gasteiger partial charge in [-0.05, 0) is 39.3 Å². The van der Waals surface area contributed by atoms with Crippen molar-refractivity contribution in [2.75, 3.05) is 26.7 Å². The van der Waals surface area contributed by atoms with Crippen molar-refractivity contribution in [3.05, 3.63) is 0 Å². The Hall–Kier alpha value is -0.120. The average Bonchev–Trinajstić information content (AvgIpc) is 2.46. The van der Waals surface area contributed by atoms with Crippen LogP contribution in [0.15, 0.2) is 0 Å². The zero-order chi connectivity index (χ0) is 10.8. The molecule has 2 heterocycles. The van der Waals surface area contributed by atoms with Crippen molar-refractivity contribution in [3.8, 4) is 0 Å². The van der Waals surface area contributed by atoms with Gasteiger partial charge in [0.05, 0.1) is 6.10 Å². The molecule has 15 heavy (non-hydrogen) atoms. The molecular formula is C12H24N2O. The largest absolute Gasteiger partial charge is 0.392 e. The fourth-order valence-electron chi connectivity index (χ4n) is 2.97. The first-order valence-electron chi connectivity index (χ1n) is 6.33. The molecule has 0 aromatic heterocycles. The maximum atomic E-state index is 9.68. The van der Waals surface area contributed by atoms with Crippen LogP contribution in [-0.4, -0.2) is 59.8 Å². The van der Waals surface area contributed by atoms with Crippen molar-refractivity contribution in [2.45, 2.75) is 50.8 Å². The minimum absolute atomic E-state index is 0.132. The quantitative estimate of drug-likeness (QED) is 0.754.